The first-order chi connectivity index (χ1) is 8.93. The third-order valence-electron chi connectivity index (χ3n) is 2.41. The van der Waals surface area contributed by atoms with Crippen molar-refractivity contribution >= 4 is 11.6 Å². The van der Waals surface area contributed by atoms with Gasteiger partial charge in [-0.3, -0.25) is 4.79 Å². The third kappa shape index (κ3) is 4.65. The molecule has 0 bridgehead atoms. The van der Waals surface area contributed by atoms with E-state index in [1.165, 1.54) is 6.07 Å². The lowest BCUT2D eigenvalue weighted by atomic mass is 10.1. The lowest BCUT2D eigenvalue weighted by Gasteiger charge is -2.11. The summed E-state index contributed by atoms with van der Waals surface area (Å²) < 4.78 is 29.0. The quantitative estimate of drug-likeness (QED) is 0.660. The zero-order valence-electron chi connectivity index (χ0n) is 11.0. The molecule has 0 aromatic heterocycles. The molecule has 1 N–H and O–H groups in total. The van der Waals surface area contributed by atoms with Crippen LogP contribution in [0.5, 0.6) is 5.75 Å². The van der Waals surface area contributed by atoms with Crippen LogP contribution in [0, 0.1) is 6.92 Å². The molecular formula is C13H16F2N2O2. The zero-order valence-corrected chi connectivity index (χ0v) is 11.0. The maximum Gasteiger partial charge on any atom is 0.387 e. The number of halogens is 2. The van der Waals surface area contributed by atoms with Crippen LogP contribution < -0.4 is 10.2 Å². The van der Waals surface area contributed by atoms with Gasteiger partial charge in [0.1, 0.15) is 5.75 Å². The number of carbonyl (C=O) groups excluding carboxylic acids is 1. The molecule has 19 heavy (non-hydrogen) atoms. The largest absolute Gasteiger partial charge is 0.434 e. The van der Waals surface area contributed by atoms with Gasteiger partial charge in [-0.05, 0) is 26.0 Å². The van der Waals surface area contributed by atoms with E-state index in [1.807, 2.05) is 6.92 Å². The molecule has 4 nitrogen and oxygen atoms in total. The molecule has 6 heteroatoms. The van der Waals surface area contributed by atoms with Gasteiger partial charge in [0.05, 0.1) is 5.71 Å². The number of aryl methyl sites for hydroxylation is 1. The van der Waals surface area contributed by atoms with Crippen LogP contribution in [0.1, 0.15) is 31.4 Å². The molecule has 104 valence electrons. The summed E-state index contributed by atoms with van der Waals surface area (Å²) in [5.74, 6) is -0.212. The van der Waals surface area contributed by atoms with Gasteiger partial charge in [0, 0.05) is 12.0 Å². The minimum Gasteiger partial charge on any atom is -0.434 e. The van der Waals surface area contributed by atoms with Crippen molar-refractivity contribution in [3.63, 3.8) is 0 Å². The maximum atomic E-state index is 12.3. The summed E-state index contributed by atoms with van der Waals surface area (Å²) >= 11 is 0. The van der Waals surface area contributed by atoms with Crippen molar-refractivity contribution in [3.05, 3.63) is 29.3 Å². The number of benzene rings is 1. The molecule has 0 heterocycles. The van der Waals surface area contributed by atoms with E-state index in [-0.39, 0.29) is 11.7 Å². The molecule has 0 saturated heterocycles. The van der Waals surface area contributed by atoms with Crippen LogP contribution in [0.15, 0.2) is 23.3 Å². The van der Waals surface area contributed by atoms with E-state index in [0.717, 1.165) is 5.56 Å². The molecule has 0 atom stereocenters. The van der Waals surface area contributed by atoms with Gasteiger partial charge >= 0.3 is 6.61 Å². The summed E-state index contributed by atoms with van der Waals surface area (Å²) in [5.41, 5.74) is 4.05. The first-order valence-electron chi connectivity index (χ1n) is 5.83. The third-order valence-corrected chi connectivity index (χ3v) is 2.41. The van der Waals surface area contributed by atoms with E-state index < -0.39 is 6.61 Å². The number of hydrogen-bond donors (Lipinski definition) is 1. The molecule has 0 saturated carbocycles. The highest BCUT2D eigenvalue weighted by molar-refractivity contribution is 6.01. The fourth-order valence-corrected chi connectivity index (χ4v) is 1.41. The summed E-state index contributed by atoms with van der Waals surface area (Å²) in [6.45, 7) is 2.23. The fourth-order valence-electron chi connectivity index (χ4n) is 1.41. The second-order valence-electron chi connectivity index (χ2n) is 3.96. The van der Waals surface area contributed by atoms with Crippen LogP contribution in [0.2, 0.25) is 0 Å². The minimum atomic E-state index is -2.90. The maximum absolute atomic E-state index is 12.3. The van der Waals surface area contributed by atoms with Crippen molar-refractivity contribution in [1.29, 1.82) is 0 Å². The Bertz CT molecular complexity index is 488. The van der Waals surface area contributed by atoms with Gasteiger partial charge < -0.3 is 4.74 Å². The predicted molar refractivity (Wildman–Crippen MR) is 68.5 cm³/mol. The van der Waals surface area contributed by atoms with Gasteiger partial charge in [-0.15, -0.1) is 0 Å². The van der Waals surface area contributed by atoms with Crippen LogP contribution in [0.3, 0.4) is 0 Å². The Morgan fingerprint density at radius 1 is 1.47 bits per heavy atom. The number of nitrogens with one attached hydrogen (secondary N) is 1. The van der Waals surface area contributed by atoms with Gasteiger partial charge in [0.15, 0.2) is 0 Å². The van der Waals surface area contributed by atoms with Gasteiger partial charge in [-0.1, -0.05) is 18.6 Å². The monoisotopic (exact) mass is 270 g/mol. The Balaban J connectivity index is 3.02. The van der Waals surface area contributed by atoms with E-state index in [1.54, 1.807) is 26.0 Å². The SMILES string of the molecule is CCC(=O)NN=C(C)c1cc(C)ccc1OC(F)F. The van der Waals surface area contributed by atoms with Crippen LogP contribution >= 0.6 is 0 Å². The van der Waals surface area contributed by atoms with Gasteiger partial charge in [0.25, 0.3) is 0 Å². The summed E-state index contributed by atoms with van der Waals surface area (Å²) in [7, 11) is 0. The molecule has 0 radical (unpaired) electrons. The van der Waals surface area contributed by atoms with E-state index >= 15 is 0 Å². The normalized spacial score (nSPS) is 11.6. The Morgan fingerprint density at radius 3 is 2.74 bits per heavy atom. The van der Waals surface area contributed by atoms with Crippen molar-refractivity contribution in [3.8, 4) is 5.75 Å². The van der Waals surface area contributed by atoms with Crippen LogP contribution in [-0.4, -0.2) is 18.2 Å². The lowest BCUT2D eigenvalue weighted by Crippen LogP contribution is -2.18. The van der Waals surface area contributed by atoms with Crippen molar-refractivity contribution in [2.75, 3.05) is 0 Å². The molecule has 1 aromatic carbocycles. The smallest absolute Gasteiger partial charge is 0.387 e. The first-order valence-corrected chi connectivity index (χ1v) is 5.83. The fraction of sp³-hybridized carbons (Fsp3) is 0.385. The summed E-state index contributed by atoms with van der Waals surface area (Å²) in [6, 6.07) is 4.80. The number of hydrogen-bond acceptors (Lipinski definition) is 3. The molecule has 1 aromatic rings. The molecule has 0 fully saturated rings. The topological polar surface area (TPSA) is 50.7 Å². The van der Waals surface area contributed by atoms with Crippen LogP contribution in [-0.2, 0) is 4.79 Å². The van der Waals surface area contributed by atoms with Gasteiger partial charge in [-0.2, -0.15) is 13.9 Å². The molecule has 1 amide bonds. The van der Waals surface area contributed by atoms with Crippen molar-refractivity contribution in [2.45, 2.75) is 33.8 Å². The Hall–Kier alpha value is -1.98. The molecule has 0 spiro atoms. The average molecular weight is 270 g/mol. The van der Waals surface area contributed by atoms with Crippen molar-refractivity contribution < 1.29 is 18.3 Å². The average Bonchev–Trinajstić information content (AvgIpc) is 2.37. The highest BCUT2D eigenvalue weighted by Gasteiger charge is 2.12. The molecule has 1 rings (SSSR count). The van der Waals surface area contributed by atoms with Gasteiger partial charge in [0.2, 0.25) is 5.91 Å². The predicted octanol–water partition coefficient (Wildman–Crippen LogP) is 2.85. The first kappa shape index (κ1) is 15.1. The second-order valence-corrected chi connectivity index (χ2v) is 3.96. The zero-order chi connectivity index (χ0) is 14.4. The van der Waals surface area contributed by atoms with E-state index in [0.29, 0.717) is 17.7 Å². The number of hydrazone groups is 1. The van der Waals surface area contributed by atoms with Crippen LogP contribution in [0.4, 0.5) is 8.78 Å². The number of ether oxygens (including phenoxy) is 1. The summed E-state index contributed by atoms with van der Waals surface area (Å²) in [4.78, 5) is 11.1. The Kier molecular flexibility index (Phi) is 5.41. The molecule has 0 aliphatic carbocycles. The standard InChI is InChI=1S/C13H16F2N2O2/c1-4-12(18)17-16-9(3)10-7-8(2)5-6-11(10)19-13(14)15/h5-7,13H,4H2,1-3H3,(H,17,18). The van der Waals surface area contributed by atoms with Crippen LogP contribution in [0.25, 0.3) is 0 Å². The van der Waals surface area contributed by atoms with Crippen molar-refractivity contribution in [2.24, 2.45) is 5.10 Å². The van der Waals surface area contributed by atoms with Gasteiger partial charge in [-0.25, -0.2) is 5.43 Å². The second kappa shape index (κ2) is 6.82. The van der Waals surface area contributed by atoms with Crippen molar-refractivity contribution in [1.82, 2.24) is 5.43 Å². The number of nitrogens with zero attached hydrogens (tertiary/aromatic N) is 1. The van der Waals surface area contributed by atoms with E-state index in [4.69, 9.17) is 0 Å². The Labute approximate surface area is 110 Å². The number of carbonyl (C=O) groups is 1. The number of rotatable bonds is 5. The molecule has 0 aliphatic rings. The summed E-state index contributed by atoms with van der Waals surface area (Å²) in [5, 5.41) is 3.87. The Morgan fingerprint density at radius 2 is 2.16 bits per heavy atom. The number of alkyl halides is 2. The molecule has 0 unspecified atom stereocenters. The lowest BCUT2D eigenvalue weighted by molar-refractivity contribution is -0.120. The number of amides is 1. The summed E-state index contributed by atoms with van der Waals surface area (Å²) in [6.07, 6.45) is 0.297. The van der Waals surface area contributed by atoms with E-state index in [9.17, 15) is 13.6 Å². The molecule has 0 aliphatic heterocycles. The molecular weight excluding hydrogens is 254 g/mol. The highest BCUT2D eigenvalue weighted by atomic mass is 19.3. The highest BCUT2D eigenvalue weighted by Crippen LogP contribution is 2.22. The van der Waals surface area contributed by atoms with E-state index in [2.05, 4.69) is 15.3 Å². The minimum absolute atomic E-state index is 0.0348.